The summed E-state index contributed by atoms with van der Waals surface area (Å²) in [4.78, 5) is 11.8. The van der Waals surface area contributed by atoms with Gasteiger partial charge in [0.05, 0.1) is 5.56 Å². The van der Waals surface area contributed by atoms with Crippen LogP contribution in [0, 0.1) is 0 Å². The molecule has 0 saturated heterocycles. The molecule has 3 aromatic carbocycles. The maximum Gasteiger partial charge on any atom is 0.336 e. The molecule has 1 N–H and O–H groups in total. The molecule has 0 bridgehead atoms. The number of allylic oxidation sites excluding steroid dienone is 2. The average Bonchev–Trinajstić information content (AvgIpc) is 2.56. The summed E-state index contributed by atoms with van der Waals surface area (Å²) in [5.74, 6) is -0.847. The van der Waals surface area contributed by atoms with Gasteiger partial charge in [0.15, 0.2) is 0 Å². The number of aromatic carboxylic acids is 1. The van der Waals surface area contributed by atoms with Crippen molar-refractivity contribution < 1.29 is 9.90 Å². The summed E-state index contributed by atoms with van der Waals surface area (Å²) >= 11 is 0. The first-order chi connectivity index (χ1) is 11.2. The van der Waals surface area contributed by atoms with E-state index in [9.17, 15) is 9.90 Å². The van der Waals surface area contributed by atoms with Gasteiger partial charge in [-0.05, 0) is 58.5 Å². The van der Waals surface area contributed by atoms with Crippen molar-refractivity contribution in [1.82, 2.24) is 0 Å². The summed E-state index contributed by atoms with van der Waals surface area (Å²) in [5.41, 5.74) is 1.35. The van der Waals surface area contributed by atoms with Gasteiger partial charge in [0, 0.05) is 0 Å². The fourth-order valence-electron chi connectivity index (χ4n) is 3.04. The maximum absolute atomic E-state index is 11.8. The van der Waals surface area contributed by atoms with Crippen molar-refractivity contribution in [3.05, 3.63) is 71.8 Å². The first-order valence-corrected chi connectivity index (χ1v) is 8.03. The molecule has 3 rings (SSSR count). The minimum absolute atomic E-state index is 0.443. The number of rotatable bonds is 5. The van der Waals surface area contributed by atoms with Crippen molar-refractivity contribution >= 4 is 27.5 Å². The number of aryl methyl sites for hydroxylation is 1. The number of benzene rings is 3. The number of carbonyl (C=O) groups is 1. The molecule has 0 aliphatic rings. The molecule has 116 valence electrons. The minimum Gasteiger partial charge on any atom is -0.478 e. The molecule has 0 heterocycles. The Labute approximate surface area is 136 Å². The Morgan fingerprint density at radius 1 is 1.00 bits per heavy atom. The molecule has 23 heavy (non-hydrogen) atoms. The van der Waals surface area contributed by atoms with Crippen molar-refractivity contribution in [2.75, 3.05) is 0 Å². The Morgan fingerprint density at radius 2 is 1.74 bits per heavy atom. The van der Waals surface area contributed by atoms with Crippen molar-refractivity contribution in [3.8, 4) is 0 Å². The molecule has 0 aromatic heterocycles. The fraction of sp³-hybridized carbons (Fsp3) is 0.190. The molecule has 0 radical (unpaired) electrons. The van der Waals surface area contributed by atoms with Crippen LogP contribution in [0.2, 0.25) is 0 Å². The van der Waals surface area contributed by atoms with Gasteiger partial charge >= 0.3 is 5.97 Å². The largest absolute Gasteiger partial charge is 0.478 e. The van der Waals surface area contributed by atoms with Crippen LogP contribution in [0.15, 0.2) is 60.7 Å². The van der Waals surface area contributed by atoms with E-state index >= 15 is 0 Å². The van der Waals surface area contributed by atoms with Crippen LogP contribution in [0.4, 0.5) is 0 Å². The second-order valence-electron chi connectivity index (χ2n) is 5.74. The van der Waals surface area contributed by atoms with Gasteiger partial charge in [-0.15, -0.1) is 0 Å². The molecular formula is C21H20O2. The van der Waals surface area contributed by atoms with Crippen molar-refractivity contribution in [2.45, 2.75) is 26.2 Å². The first-order valence-electron chi connectivity index (χ1n) is 8.03. The number of fused-ring (bicyclic) bond motifs is 2. The van der Waals surface area contributed by atoms with Crippen LogP contribution >= 0.6 is 0 Å². The molecular weight excluding hydrogens is 284 g/mol. The SMILES string of the molecule is CC/C=C\CCc1ccc2cc3ccccc3cc2c1C(=O)O. The Bertz CT molecular complexity index is 891. The fourth-order valence-corrected chi connectivity index (χ4v) is 3.04. The summed E-state index contributed by atoms with van der Waals surface area (Å²) in [6.07, 6.45) is 6.87. The van der Waals surface area contributed by atoms with Crippen molar-refractivity contribution in [1.29, 1.82) is 0 Å². The topological polar surface area (TPSA) is 37.3 Å². The van der Waals surface area contributed by atoms with E-state index in [4.69, 9.17) is 0 Å². The second kappa shape index (κ2) is 6.66. The summed E-state index contributed by atoms with van der Waals surface area (Å²) in [7, 11) is 0. The normalized spacial score (nSPS) is 11.5. The van der Waals surface area contributed by atoms with E-state index in [1.807, 2.05) is 36.4 Å². The van der Waals surface area contributed by atoms with E-state index < -0.39 is 5.97 Å². The van der Waals surface area contributed by atoms with E-state index in [-0.39, 0.29) is 0 Å². The zero-order valence-electron chi connectivity index (χ0n) is 13.3. The van der Waals surface area contributed by atoms with E-state index in [0.717, 1.165) is 46.4 Å². The van der Waals surface area contributed by atoms with Gasteiger partial charge in [0.25, 0.3) is 0 Å². The standard InChI is InChI=1S/C21H20O2/c1-2-3-4-5-8-15-11-12-18-13-16-9-6-7-10-17(16)14-19(18)20(15)21(22)23/h3-4,6-7,9-14H,2,5,8H2,1H3,(H,22,23)/b4-3-. The second-order valence-corrected chi connectivity index (χ2v) is 5.74. The van der Waals surface area contributed by atoms with Crippen LogP contribution < -0.4 is 0 Å². The summed E-state index contributed by atoms with van der Waals surface area (Å²) < 4.78 is 0. The first kappa shape index (κ1) is 15.3. The number of hydrogen-bond acceptors (Lipinski definition) is 1. The Morgan fingerprint density at radius 3 is 2.43 bits per heavy atom. The van der Waals surface area contributed by atoms with Crippen LogP contribution in [-0.4, -0.2) is 11.1 Å². The molecule has 0 fully saturated rings. The van der Waals surface area contributed by atoms with Crippen LogP contribution in [0.25, 0.3) is 21.5 Å². The summed E-state index contributed by atoms with van der Waals surface area (Å²) in [5, 5.41) is 13.7. The Kier molecular flexibility index (Phi) is 4.42. The van der Waals surface area contributed by atoms with Gasteiger partial charge in [0.2, 0.25) is 0 Å². The molecule has 0 amide bonds. The van der Waals surface area contributed by atoms with Crippen LogP contribution in [0.1, 0.15) is 35.7 Å². The highest BCUT2D eigenvalue weighted by molar-refractivity contribution is 6.09. The van der Waals surface area contributed by atoms with E-state index in [0.29, 0.717) is 5.56 Å². The lowest BCUT2D eigenvalue weighted by atomic mass is 9.94. The highest BCUT2D eigenvalue weighted by atomic mass is 16.4. The lowest BCUT2D eigenvalue weighted by Crippen LogP contribution is -2.03. The summed E-state index contributed by atoms with van der Waals surface area (Å²) in [6.45, 7) is 2.10. The Balaban J connectivity index is 2.14. The van der Waals surface area contributed by atoms with E-state index in [1.54, 1.807) is 0 Å². The van der Waals surface area contributed by atoms with Gasteiger partial charge < -0.3 is 5.11 Å². The van der Waals surface area contributed by atoms with Crippen LogP contribution in [0.3, 0.4) is 0 Å². The molecule has 0 atom stereocenters. The highest BCUT2D eigenvalue weighted by Crippen LogP contribution is 2.28. The van der Waals surface area contributed by atoms with Crippen LogP contribution in [0.5, 0.6) is 0 Å². The van der Waals surface area contributed by atoms with Gasteiger partial charge in [-0.2, -0.15) is 0 Å². The van der Waals surface area contributed by atoms with Gasteiger partial charge in [-0.25, -0.2) is 4.79 Å². The highest BCUT2D eigenvalue weighted by Gasteiger charge is 2.14. The quantitative estimate of drug-likeness (QED) is 0.493. The number of hydrogen-bond donors (Lipinski definition) is 1. The molecule has 0 saturated carbocycles. The third kappa shape index (κ3) is 3.11. The predicted molar refractivity (Wildman–Crippen MR) is 96.2 cm³/mol. The number of carboxylic acid groups (broad SMARTS) is 1. The van der Waals surface area contributed by atoms with E-state index in [1.165, 1.54) is 0 Å². The third-order valence-electron chi connectivity index (χ3n) is 4.17. The molecule has 0 spiro atoms. The van der Waals surface area contributed by atoms with Gasteiger partial charge in [-0.1, -0.05) is 55.5 Å². The molecule has 0 aliphatic heterocycles. The molecule has 2 heteroatoms. The lowest BCUT2D eigenvalue weighted by Gasteiger charge is -2.10. The van der Waals surface area contributed by atoms with Crippen molar-refractivity contribution in [3.63, 3.8) is 0 Å². The minimum atomic E-state index is -0.847. The molecule has 2 nitrogen and oxygen atoms in total. The summed E-state index contributed by atoms with van der Waals surface area (Å²) in [6, 6.07) is 16.1. The zero-order chi connectivity index (χ0) is 16.2. The zero-order valence-corrected chi connectivity index (χ0v) is 13.3. The van der Waals surface area contributed by atoms with Crippen LogP contribution in [-0.2, 0) is 6.42 Å². The smallest absolute Gasteiger partial charge is 0.336 e. The third-order valence-corrected chi connectivity index (χ3v) is 4.17. The lowest BCUT2D eigenvalue weighted by molar-refractivity contribution is 0.0698. The molecule has 0 unspecified atom stereocenters. The average molecular weight is 304 g/mol. The van der Waals surface area contributed by atoms with E-state index in [2.05, 4.69) is 31.2 Å². The molecule has 0 aliphatic carbocycles. The predicted octanol–water partition coefficient (Wildman–Crippen LogP) is 5.59. The van der Waals surface area contributed by atoms with Gasteiger partial charge in [-0.3, -0.25) is 0 Å². The monoisotopic (exact) mass is 304 g/mol. The number of carboxylic acids is 1. The molecule has 3 aromatic rings. The Hall–Kier alpha value is -2.61. The van der Waals surface area contributed by atoms with Gasteiger partial charge in [0.1, 0.15) is 0 Å². The van der Waals surface area contributed by atoms with Crippen molar-refractivity contribution in [2.24, 2.45) is 0 Å². The maximum atomic E-state index is 11.8.